The lowest BCUT2D eigenvalue weighted by Crippen LogP contribution is -2.69. The molecule has 1 atom stereocenters. The third-order valence-corrected chi connectivity index (χ3v) is 6.40. The molecule has 1 N–H and O–H groups in total. The van der Waals surface area contributed by atoms with Gasteiger partial charge in [0.25, 0.3) is 5.91 Å². The maximum Gasteiger partial charge on any atom is 0.280 e. The third kappa shape index (κ3) is 2.15. The summed E-state index contributed by atoms with van der Waals surface area (Å²) in [6.07, 6.45) is 2.38. The Bertz CT molecular complexity index is 683. The first kappa shape index (κ1) is 14.2. The standard InChI is InChI=1S/C17H21N3OS/c1-17(2)14(11-7-9-20(17)10-8-11)19-15(21)16-18-12-5-3-4-6-13(12)22-16/h3-6,11,14H,7-10H2,1-2H3,(H,19,21)/t14-/m1/s1. The van der Waals surface area contributed by atoms with Crippen LogP contribution in [0, 0.1) is 5.92 Å². The van der Waals surface area contributed by atoms with E-state index >= 15 is 0 Å². The second-order valence-electron chi connectivity index (χ2n) is 6.92. The molecule has 3 saturated heterocycles. The SMILES string of the molecule is CC1(C)[C@H](NC(=O)c2nc3ccccc3s2)C2CCN1CC2. The van der Waals surface area contributed by atoms with Crippen LogP contribution in [0.2, 0.25) is 0 Å². The van der Waals surface area contributed by atoms with Crippen LogP contribution < -0.4 is 5.32 Å². The van der Waals surface area contributed by atoms with Crippen molar-refractivity contribution in [2.24, 2.45) is 5.92 Å². The highest BCUT2D eigenvalue weighted by atomic mass is 32.1. The number of fused-ring (bicyclic) bond motifs is 4. The van der Waals surface area contributed by atoms with Crippen LogP contribution in [0.5, 0.6) is 0 Å². The van der Waals surface area contributed by atoms with Crippen molar-refractivity contribution in [3.63, 3.8) is 0 Å². The summed E-state index contributed by atoms with van der Waals surface area (Å²) in [5.41, 5.74) is 0.943. The Morgan fingerprint density at radius 3 is 2.73 bits per heavy atom. The lowest BCUT2D eigenvalue weighted by atomic mass is 9.72. The van der Waals surface area contributed by atoms with Crippen molar-refractivity contribution >= 4 is 27.5 Å². The molecule has 116 valence electrons. The van der Waals surface area contributed by atoms with Crippen molar-refractivity contribution in [1.29, 1.82) is 0 Å². The van der Waals surface area contributed by atoms with E-state index in [0.717, 1.165) is 23.3 Å². The normalized spacial score (nSPS) is 29.6. The lowest BCUT2D eigenvalue weighted by Gasteiger charge is -2.56. The zero-order valence-electron chi connectivity index (χ0n) is 13.0. The quantitative estimate of drug-likeness (QED) is 0.927. The van der Waals surface area contributed by atoms with Crippen LogP contribution in [-0.2, 0) is 0 Å². The number of carbonyl (C=O) groups excluding carboxylic acids is 1. The van der Waals surface area contributed by atoms with Gasteiger partial charge in [0, 0.05) is 11.6 Å². The summed E-state index contributed by atoms with van der Waals surface area (Å²) in [5, 5.41) is 3.86. The molecule has 0 spiro atoms. The highest BCUT2D eigenvalue weighted by molar-refractivity contribution is 7.20. The largest absolute Gasteiger partial charge is 0.345 e. The summed E-state index contributed by atoms with van der Waals surface area (Å²) < 4.78 is 1.07. The average Bonchev–Trinajstić information content (AvgIpc) is 2.95. The highest BCUT2D eigenvalue weighted by Crippen LogP contribution is 2.39. The number of thiazole rings is 1. The lowest BCUT2D eigenvalue weighted by molar-refractivity contribution is -0.0378. The van der Waals surface area contributed by atoms with Crippen LogP contribution in [0.4, 0.5) is 0 Å². The molecule has 4 nitrogen and oxygen atoms in total. The first-order valence-electron chi connectivity index (χ1n) is 7.97. The number of nitrogens with one attached hydrogen (secondary N) is 1. The summed E-state index contributed by atoms with van der Waals surface area (Å²) in [5.74, 6) is 0.575. The van der Waals surface area contributed by atoms with Gasteiger partial charge in [-0.15, -0.1) is 11.3 Å². The van der Waals surface area contributed by atoms with Crippen LogP contribution in [0.15, 0.2) is 24.3 Å². The van der Waals surface area contributed by atoms with Gasteiger partial charge in [-0.2, -0.15) is 0 Å². The number of nitrogens with zero attached hydrogens (tertiary/aromatic N) is 2. The molecule has 2 aromatic rings. The van der Waals surface area contributed by atoms with Crippen molar-refractivity contribution in [3.8, 4) is 0 Å². The minimum absolute atomic E-state index is 0.0203. The highest BCUT2D eigenvalue weighted by Gasteiger charge is 2.48. The van der Waals surface area contributed by atoms with Crippen LogP contribution in [0.1, 0.15) is 36.5 Å². The number of carbonyl (C=O) groups is 1. The van der Waals surface area contributed by atoms with Crippen LogP contribution in [-0.4, -0.2) is 40.5 Å². The van der Waals surface area contributed by atoms with E-state index in [2.05, 4.69) is 29.0 Å². The molecule has 1 amide bonds. The predicted octanol–water partition coefficient (Wildman–Crippen LogP) is 2.90. The molecular formula is C17H21N3OS. The molecule has 5 rings (SSSR count). The van der Waals surface area contributed by atoms with Crippen LogP contribution in [0.3, 0.4) is 0 Å². The summed E-state index contributed by atoms with van der Waals surface area (Å²) >= 11 is 1.48. The van der Waals surface area contributed by atoms with E-state index in [1.807, 2.05) is 24.3 Å². The van der Waals surface area contributed by atoms with Crippen LogP contribution in [0.25, 0.3) is 10.2 Å². The van der Waals surface area contributed by atoms with Gasteiger partial charge in [-0.3, -0.25) is 9.69 Å². The smallest absolute Gasteiger partial charge is 0.280 e. The van der Waals surface area contributed by atoms with Gasteiger partial charge in [0.15, 0.2) is 5.01 Å². The molecule has 5 heteroatoms. The molecule has 22 heavy (non-hydrogen) atoms. The minimum Gasteiger partial charge on any atom is -0.345 e. The first-order valence-corrected chi connectivity index (χ1v) is 8.79. The Kier molecular flexibility index (Phi) is 3.24. The van der Waals surface area contributed by atoms with Gasteiger partial charge in [-0.25, -0.2) is 4.98 Å². The zero-order valence-corrected chi connectivity index (χ0v) is 13.8. The van der Waals surface area contributed by atoms with E-state index in [9.17, 15) is 4.79 Å². The first-order chi connectivity index (χ1) is 10.6. The summed E-state index contributed by atoms with van der Waals surface area (Å²) in [6.45, 7) is 6.82. The van der Waals surface area contributed by atoms with Crippen molar-refractivity contribution in [1.82, 2.24) is 15.2 Å². The van der Waals surface area contributed by atoms with Crippen molar-refractivity contribution < 1.29 is 4.79 Å². The molecule has 0 unspecified atom stereocenters. The Morgan fingerprint density at radius 2 is 2.05 bits per heavy atom. The van der Waals surface area contributed by atoms with Gasteiger partial charge in [0.05, 0.1) is 10.2 Å². The molecule has 2 bridgehead atoms. The minimum atomic E-state index is -0.0203. The number of aromatic nitrogens is 1. The number of amides is 1. The monoisotopic (exact) mass is 315 g/mol. The van der Waals surface area contributed by atoms with Gasteiger partial charge in [0.1, 0.15) is 0 Å². The van der Waals surface area contributed by atoms with Crippen molar-refractivity contribution in [3.05, 3.63) is 29.3 Å². The molecule has 3 aliphatic heterocycles. The second kappa shape index (κ2) is 5.03. The Hall–Kier alpha value is -1.46. The summed E-state index contributed by atoms with van der Waals surface area (Å²) in [7, 11) is 0. The fourth-order valence-electron chi connectivity index (χ4n) is 4.05. The summed E-state index contributed by atoms with van der Waals surface area (Å²) in [6, 6.07) is 8.14. The molecule has 4 heterocycles. The molecular weight excluding hydrogens is 294 g/mol. The zero-order chi connectivity index (χ0) is 15.3. The number of hydrogen-bond donors (Lipinski definition) is 1. The maximum absolute atomic E-state index is 12.7. The fraction of sp³-hybridized carbons (Fsp3) is 0.529. The number of hydrogen-bond acceptors (Lipinski definition) is 4. The molecule has 1 aromatic heterocycles. The van der Waals surface area contributed by atoms with Gasteiger partial charge in [0.2, 0.25) is 0 Å². The number of rotatable bonds is 2. The van der Waals surface area contributed by atoms with E-state index in [1.54, 1.807) is 0 Å². The van der Waals surface area contributed by atoms with E-state index in [4.69, 9.17) is 0 Å². The Morgan fingerprint density at radius 1 is 1.32 bits per heavy atom. The maximum atomic E-state index is 12.7. The van der Waals surface area contributed by atoms with Gasteiger partial charge < -0.3 is 5.32 Å². The molecule has 0 radical (unpaired) electrons. The third-order valence-electron chi connectivity index (χ3n) is 5.36. The average molecular weight is 315 g/mol. The summed E-state index contributed by atoms with van der Waals surface area (Å²) in [4.78, 5) is 19.7. The van der Waals surface area contributed by atoms with Gasteiger partial charge in [-0.05, 0) is 57.8 Å². The predicted molar refractivity (Wildman–Crippen MR) is 89.3 cm³/mol. The molecule has 1 aromatic carbocycles. The van der Waals surface area contributed by atoms with E-state index in [-0.39, 0.29) is 17.5 Å². The van der Waals surface area contributed by atoms with E-state index in [0.29, 0.717) is 10.9 Å². The molecule has 0 aliphatic carbocycles. The Labute approximate surface area is 134 Å². The van der Waals surface area contributed by atoms with Crippen LogP contribution >= 0.6 is 11.3 Å². The number of para-hydroxylation sites is 1. The van der Waals surface area contributed by atoms with E-state index in [1.165, 1.54) is 24.2 Å². The number of piperidine rings is 3. The van der Waals surface area contributed by atoms with Gasteiger partial charge in [-0.1, -0.05) is 12.1 Å². The van der Waals surface area contributed by atoms with Crippen molar-refractivity contribution in [2.75, 3.05) is 13.1 Å². The molecule has 0 saturated carbocycles. The van der Waals surface area contributed by atoms with Gasteiger partial charge >= 0.3 is 0 Å². The van der Waals surface area contributed by atoms with Crippen molar-refractivity contribution in [2.45, 2.75) is 38.3 Å². The fourth-order valence-corrected chi connectivity index (χ4v) is 4.92. The molecule has 3 aliphatic rings. The second-order valence-corrected chi connectivity index (χ2v) is 7.95. The molecule has 3 fully saturated rings. The number of benzene rings is 1. The van der Waals surface area contributed by atoms with E-state index < -0.39 is 0 Å². The topological polar surface area (TPSA) is 45.2 Å². The Balaban J connectivity index is 1.58.